The number of carbonyl (C=O) groups is 1. The Kier molecular flexibility index (Phi) is 6.60. The van der Waals surface area contributed by atoms with Crippen LogP contribution in [-0.2, 0) is 9.47 Å². The van der Waals surface area contributed by atoms with E-state index >= 15 is 0 Å². The quantitative estimate of drug-likeness (QED) is 0.697. The van der Waals surface area contributed by atoms with Crippen molar-refractivity contribution in [3.63, 3.8) is 0 Å². The summed E-state index contributed by atoms with van der Waals surface area (Å²) in [6.45, 7) is 9.52. The summed E-state index contributed by atoms with van der Waals surface area (Å²) in [5.41, 5.74) is 5.82. The summed E-state index contributed by atoms with van der Waals surface area (Å²) >= 11 is 0. The molecule has 0 bridgehead atoms. The highest BCUT2D eigenvalue weighted by Gasteiger charge is 2.29. The number of methoxy groups -OCH3 is 2. The van der Waals surface area contributed by atoms with E-state index in [2.05, 4.69) is 27.7 Å². The lowest BCUT2D eigenvalue weighted by Gasteiger charge is -2.23. The molecule has 2 atom stereocenters. The number of nitrogens with zero attached hydrogens (tertiary/aromatic N) is 4. The van der Waals surface area contributed by atoms with Gasteiger partial charge in [0.2, 0.25) is 0 Å². The third kappa shape index (κ3) is 4.68. The van der Waals surface area contributed by atoms with Crippen molar-refractivity contribution in [3.05, 3.63) is 41.1 Å². The molecule has 1 aliphatic carbocycles. The van der Waals surface area contributed by atoms with Gasteiger partial charge < -0.3 is 25.0 Å². The van der Waals surface area contributed by atoms with Crippen molar-refractivity contribution in [2.24, 2.45) is 0 Å². The molecule has 9 heteroatoms. The first-order valence-corrected chi connectivity index (χ1v) is 11.5. The number of carbonyl (C=O) groups excluding carboxylic acids is 1. The monoisotopic (exact) mass is 454 g/mol. The number of fused-ring (bicyclic) bond motifs is 1. The highest BCUT2D eigenvalue weighted by atomic mass is 16.5. The zero-order valence-corrected chi connectivity index (χ0v) is 20.3. The summed E-state index contributed by atoms with van der Waals surface area (Å²) in [7, 11) is 3.36. The molecule has 0 aromatic carbocycles. The first kappa shape index (κ1) is 23.1. The molecule has 178 valence electrons. The molecule has 4 rings (SSSR count). The lowest BCUT2D eigenvalue weighted by atomic mass is 9.97. The van der Waals surface area contributed by atoms with E-state index in [0.717, 1.165) is 59.3 Å². The predicted molar refractivity (Wildman–Crippen MR) is 128 cm³/mol. The van der Waals surface area contributed by atoms with Gasteiger partial charge in [-0.15, -0.1) is 0 Å². The van der Waals surface area contributed by atoms with Gasteiger partial charge in [-0.25, -0.2) is 14.3 Å². The maximum atomic E-state index is 12.1. The number of hydrogen-bond acceptors (Lipinski definition) is 6. The molecule has 3 heterocycles. The molecule has 9 nitrogen and oxygen atoms in total. The van der Waals surface area contributed by atoms with Crippen molar-refractivity contribution in [1.82, 2.24) is 25.2 Å². The van der Waals surface area contributed by atoms with Crippen LogP contribution in [-0.4, -0.2) is 66.1 Å². The molecule has 2 aliphatic rings. The Morgan fingerprint density at radius 3 is 2.73 bits per heavy atom. The molecular weight excluding hydrogens is 420 g/mol. The highest BCUT2D eigenvalue weighted by Crippen LogP contribution is 2.34. The molecular formula is C24H34N6O3. The van der Waals surface area contributed by atoms with Crippen LogP contribution < -0.4 is 15.5 Å². The van der Waals surface area contributed by atoms with Crippen LogP contribution in [0.25, 0.3) is 11.2 Å². The third-order valence-electron chi connectivity index (χ3n) is 6.14. The van der Waals surface area contributed by atoms with E-state index in [-0.39, 0.29) is 24.2 Å². The van der Waals surface area contributed by atoms with E-state index in [1.807, 2.05) is 38.3 Å². The second-order valence-corrected chi connectivity index (χ2v) is 9.05. The van der Waals surface area contributed by atoms with Crippen LogP contribution >= 0.6 is 0 Å². The minimum absolute atomic E-state index is 0.0916. The van der Waals surface area contributed by atoms with E-state index in [1.165, 1.54) is 0 Å². The van der Waals surface area contributed by atoms with Crippen LogP contribution in [0.3, 0.4) is 0 Å². The van der Waals surface area contributed by atoms with Gasteiger partial charge >= 0.3 is 6.03 Å². The average molecular weight is 455 g/mol. The Labute approximate surface area is 194 Å². The molecule has 2 aromatic heterocycles. The molecule has 2 N–H and O–H groups in total. The van der Waals surface area contributed by atoms with Gasteiger partial charge in [-0.2, -0.15) is 5.10 Å². The standard InChI is InChI=1S/C24H34N6O3/c1-14(2)25-24(31)27-18-9-10-29(13-18)19-11-15(3)28-30-22(16(4)26-23(19)30)17-7-8-20(32-5)21(12-17)33-6/h7-8,11,14,18,21H,9-10,12-13H2,1-6H3,(H2,25,27,31). The number of imidazole rings is 1. The maximum absolute atomic E-state index is 12.1. The Bertz CT molecular complexity index is 1100. The number of ether oxygens (including phenoxy) is 2. The van der Waals surface area contributed by atoms with Gasteiger partial charge in [0.1, 0.15) is 11.9 Å². The molecule has 2 amide bonds. The van der Waals surface area contributed by atoms with Gasteiger partial charge in [-0.1, -0.05) is 6.08 Å². The van der Waals surface area contributed by atoms with Crippen molar-refractivity contribution in [3.8, 4) is 0 Å². The molecule has 2 aromatic rings. The van der Waals surface area contributed by atoms with Crippen molar-refractivity contribution < 1.29 is 14.3 Å². The molecule has 33 heavy (non-hydrogen) atoms. The molecule has 1 fully saturated rings. The van der Waals surface area contributed by atoms with Crippen molar-refractivity contribution in [2.75, 3.05) is 32.2 Å². The van der Waals surface area contributed by atoms with Gasteiger partial charge in [-0.05, 0) is 51.8 Å². The zero-order chi connectivity index (χ0) is 23.7. The SMILES string of the molecule is COC1=CC=C(c2c(C)nc3c(N4CCC(NC(=O)NC(C)C)C4)cc(C)nn23)CC1OC. The molecule has 1 aliphatic heterocycles. The maximum Gasteiger partial charge on any atom is 0.315 e. The molecule has 0 saturated carbocycles. The second kappa shape index (κ2) is 9.43. The van der Waals surface area contributed by atoms with Crippen molar-refractivity contribution in [2.45, 2.75) is 58.7 Å². The van der Waals surface area contributed by atoms with Crippen LogP contribution in [0.4, 0.5) is 10.5 Å². The van der Waals surface area contributed by atoms with Crippen LogP contribution in [0, 0.1) is 13.8 Å². The lowest BCUT2D eigenvalue weighted by Crippen LogP contribution is -2.45. The molecule has 0 spiro atoms. The number of rotatable bonds is 6. The average Bonchev–Trinajstić information content (AvgIpc) is 3.35. The number of hydrogen-bond donors (Lipinski definition) is 2. The number of allylic oxidation sites excluding steroid dienone is 2. The van der Waals surface area contributed by atoms with Gasteiger partial charge in [0.25, 0.3) is 0 Å². The zero-order valence-electron chi connectivity index (χ0n) is 20.3. The number of anilines is 1. The predicted octanol–water partition coefficient (Wildman–Crippen LogP) is 2.96. The summed E-state index contributed by atoms with van der Waals surface area (Å²) in [5.74, 6) is 0.815. The number of amides is 2. The number of aromatic nitrogens is 3. The highest BCUT2D eigenvalue weighted by molar-refractivity contribution is 5.77. The Hall–Kier alpha value is -3.07. The molecule has 1 saturated heterocycles. The van der Waals surface area contributed by atoms with Gasteiger partial charge in [0.15, 0.2) is 5.65 Å². The Balaban J connectivity index is 1.64. The van der Waals surface area contributed by atoms with Crippen LogP contribution in [0.2, 0.25) is 0 Å². The summed E-state index contributed by atoms with van der Waals surface area (Å²) in [4.78, 5) is 19.3. The fourth-order valence-electron chi connectivity index (χ4n) is 4.65. The van der Waals surface area contributed by atoms with E-state index in [9.17, 15) is 4.79 Å². The summed E-state index contributed by atoms with van der Waals surface area (Å²) in [5, 5.41) is 10.8. The fraction of sp³-hybridized carbons (Fsp3) is 0.542. The number of aryl methyl sites for hydroxylation is 2. The van der Waals surface area contributed by atoms with Crippen molar-refractivity contribution in [1.29, 1.82) is 0 Å². The van der Waals surface area contributed by atoms with E-state index in [1.54, 1.807) is 14.2 Å². The number of nitrogens with one attached hydrogen (secondary N) is 2. The fourth-order valence-corrected chi connectivity index (χ4v) is 4.65. The van der Waals surface area contributed by atoms with Gasteiger partial charge in [-0.3, -0.25) is 0 Å². The second-order valence-electron chi connectivity index (χ2n) is 9.05. The van der Waals surface area contributed by atoms with E-state index in [0.29, 0.717) is 6.42 Å². The van der Waals surface area contributed by atoms with Crippen molar-refractivity contribution >= 4 is 22.9 Å². The van der Waals surface area contributed by atoms with Gasteiger partial charge in [0.05, 0.1) is 29.9 Å². The Morgan fingerprint density at radius 2 is 2.03 bits per heavy atom. The van der Waals surface area contributed by atoms with E-state index < -0.39 is 0 Å². The number of urea groups is 1. The normalized spacial score (nSPS) is 20.8. The van der Waals surface area contributed by atoms with Crippen LogP contribution in [0.15, 0.2) is 24.0 Å². The lowest BCUT2D eigenvalue weighted by molar-refractivity contribution is 0.0811. The summed E-state index contributed by atoms with van der Waals surface area (Å²) in [6, 6.07) is 2.16. The largest absolute Gasteiger partial charge is 0.498 e. The van der Waals surface area contributed by atoms with Crippen LogP contribution in [0.5, 0.6) is 0 Å². The first-order chi connectivity index (χ1) is 15.8. The smallest absolute Gasteiger partial charge is 0.315 e. The minimum Gasteiger partial charge on any atom is -0.498 e. The Morgan fingerprint density at radius 1 is 1.24 bits per heavy atom. The molecule has 2 unspecified atom stereocenters. The first-order valence-electron chi connectivity index (χ1n) is 11.5. The summed E-state index contributed by atoms with van der Waals surface area (Å²) < 4.78 is 13.0. The van der Waals surface area contributed by atoms with E-state index in [4.69, 9.17) is 19.6 Å². The topological polar surface area (TPSA) is 93.0 Å². The molecule has 0 radical (unpaired) electrons. The minimum atomic E-state index is -0.133. The summed E-state index contributed by atoms with van der Waals surface area (Å²) in [6.07, 6.45) is 5.47. The third-order valence-corrected chi connectivity index (χ3v) is 6.14. The van der Waals surface area contributed by atoms with Gasteiger partial charge in [0, 0.05) is 38.7 Å². The van der Waals surface area contributed by atoms with Crippen LogP contribution in [0.1, 0.15) is 43.8 Å².